The van der Waals surface area contributed by atoms with Crippen LogP contribution in [-0.2, 0) is 11.3 Å². The number of carbonyl (C=O) groups excluding carboxylic acids is 1. The van der Waals surface area contributed by atoms with E-state index in [0.29, 0.717) is 12.5 Å². The lowest BCUT2D eigenvalue weighted by Crippen LogP contribution is -2.27. The largest absolute Gasteiger partial charge is 0.446 e. The summed E-state index contributed by atoms with van der Waals surface area (Å²) in [6.07, 6.45) is 5.28. The number of anilines is 1. The zero-order valence-electron chi connectivity index (χ0n) is 12.1. The summed E-state index contributed by atoms with van der Waals surface area (Å²) >= 11 is 0. The molecule has 0 aromatic heterocycles. The summed E-state index contributed by atoms with van der Waals surface area (Å²) in [6, 6.07) is 7.50. The van der Waals surface area contributed by atoms with Crippen molar-refractivity contribution in [2.75, 3.05) is 5.32 Å². The molecule has 1 aromatic carbocycles. The molecule has 2 unspecified atom stereocenters. The van der Waals surface area contributed by atoms with Crippen LogP contribution in [0.1, 0.15) is 44.6 Å². The van der Waals surface area contributed by atoms with Gasteiger partial charge in [-0.25, -0.2) is 4.79 Å². The van der Waals surface area contributed by atoms with Gasteiger partial charge in [-0.2, -0.15) is 0 Å². The standard InChI is InChI=1S/C16H24N2O2/c1-2-12-4-3-5-15(10-12)20-16(19)18-14-8-6-13(11-17)7-9-14/h6-9,12,15H,2-5,10-11,17H2,1H3,(H,18,19). The number of amides is 1. The molecule has 20 heavy (non-hydrogen) atoms. The molecule has 1 aliphatic carbocycles. The summed E-state index contributed by atoms with van der Waals surface area (Å²) in [7, 11) is 0. The second-order valence-corrected chi connectivity index (χ2v) is 5.49. The minimum atomic E-state index is -0.354. The molecule has 0 radical (unpaired) electrons. The van der Waals surface area contributed by atoms with Crippen LogP contribution in [0.3, 0.4) is 0 Å². The van der Waals surface area contributed by atoms with Crippen LogP contribution in [-0.4, -0.2) is 12.2 Å². The topological polar surface area (TPSA) is 64.3 Å². The van der Waals surface area contributed by atoms with Crippen LogP contribution in [0.15, 0.2) is 24.3 Å². The number of hydrogen-bond donors (Lipinski definition) is 2. The van der Waals surface area contributed by atoms with E-state index in [4.69, 9.17) is 10.5 Å². The highest BCUT2D eigenvalue weighted by Crippen LogP contribution is 2.28. The molecule has 1 fully saturated rings. The summed E-state index contributed by atoms with van der Waals surface area (Å²) < 4.78 is 5.51. The Morgan fingerprint density at radius 1 is 1.35 bits per heavy atom. The SMILES string of the molecule is CCC1CCCC(OC(=O)Nc2ccc(CN)cc2)C1. The van der Waals surface area contributed by atoms with E-state index in [2.05, 4.69) is 12.2 Å². The van der Waals surface area contributed by atoms with Crippen LogP contribution in [0.2, 0.25) is 0 Å². The number of benzene rings is 1. The minimum absolute atomic E-state index is 0.0667. The Morgan fingerprint density at radius 3 is 2.75 bits per heavy atom. The Hall–Kier alpha value is -1.55. The van der Waals surface area contributed by atoms with Gasteiger partial charge in [-0.05, 0) is 42.9 Å². The van der Waals surface area contributed by atoms with E-state index in [0.717, 1.165) is 30.5 Å². The molecule has 0 spiro atoms. The second-order valence-electron chi connectivity index (χ2n) is 5.49. The van der Waals surface area contributed by atoms with Gasteiger partial charge < -0.3 is 10.5 Å². The minimum Gasteiger partial charge on any atom is -0.446 e. The van der Waals surface area contributed by atoms with Gasteiger partial charge in [0.15, 0.2) is 0 Å². The van der Waals surface area contributed by atoms with Crippen LogP contribution in [0.25, 0.3) is 0 Å². The van der Waals surface area contributed by atoms with E-state index < -0.39 is 0 Å². The van der Waals surface area contributed by atoms with Crippen LogP contribution >= 0.6 is 0 Å². The Bertz CT molecular complexity index is 431. The third-order valence-corrected chi connectivity index (χ3v) is 4.02. The fourth-order valence-electron chi connectivity index (χ4n) is 2.74. The molecule has 0 aliphatic heterocycles. The predicted molar refractivity (Wildman–Crippen MR) is 80.5 cm³/mol. The smallest absolute Gasteiger partial charge is 0.411 e. The molecule has 3 N–H and O–H groups in total. The fourth-order valence-corrected chi connectivity index (χ4v) is 2.74. The molecule has 4 heteroatoms. The molecule has 2 atom stereocenters. The van der Waals surface area contributed by atoms with Crippen molar-refractivity contribution >= 4 is 11.8 Å². The number of rotatable bonds is 4. The van der Waals surface area contributed by atoms with Gasteiger partial charge in [0.25, 0.3) is 0 Å². The number of hydrogen-bond acceptors (Lipinski definition) is 3. The summed E-state index contributed by atoms with van der Waals surface area (Å²) in [4.78, 5) is 11.9. The average molecular weight is 276 g/mol. The van der Waals surface area contributed by atoms with Crippen LogP contribution in [0.5, 0.6) is 0 Å². The molecular formula is C16H24N2O2. The van der Waals surface area contributed by atoms with Gasteiger partial charge in [0.05, 0.1) is 0 Å². The molecule has 1 aromatic rings. The summed E-state index contributed by atoms with van der Waals surface area (Å²) in [5, 5.41) is 2.77. The summed E-state index contributed by atoms with van der Waals surface area (Å²) in [6.45, 7) is 2.71. The van der Waals surface area contributed by atoms with E-state index in [1.165, 1.54) is 12.8 Å². The van der Waals surface area contributed by atoms with Gasteiger partial charge in [0.1, 0.15) is 6.10 Å². The van der Waals surface area contributed by atoms with Crippen molar-refractivity contribution in [2.45, 2.75) is 51.7 Å². The number of ether oxygens (including phenoxy) is 1. The molecule has 110 valence electrons. The third-order valence-electron chi connectivity index (χ3n) is 4.02. The van der Waals surface area contributed by atoms with Gasteiger partial charge in [-0.1, -0.05) is 31.9 Å². The number of carbonyl (C=O) groups is 1. The van der Waals surface area contributed by atoms with Crippen molar-refractivity contribution in [1.82, 2.24) is 0 Å². The molecule has 4 nitrogen and oxygen atoms in total. The van der Waals surface area contributed by atoms with Crippen molar-refractivity contribution in [3.05, 3.63) is 29.8 Å². The molecule has 1 saturated carbocycles. The second kappa shape index (κ2) is 7.29. The highest BCUT2D eigenvalue weighted by molar-refractivity contribution is 5.84. The van der Waals surface area contributed by atoms with Crippen LogP contribution in [0, 0.1) is 5.92 Å². The maximum Gasteiger partial charge on any atom is 0.411 e. The maximum atomic E-state index is 11.9. The maximum absolute atomic E-state index is 11.9. The van der Waals surface area contributed by atoms with Crippen LogP contribution < -0.4 is 11.1 Å². The molecule has 0 saturated heterocycles. The average Bonchev–Trinajstić information content (AvgIpc) is 2.48. The molecular weight excluding hydrogens is 252 g/mol. The highest BCUT2D eigenvalue weighted by atomic mass is 16.6. The Morgan fingerprint density at radius 2 is 2.10 bits per heavy atom. The van der Waals surface area contributed by atoms with Gasteiger partial charge in [-0.3, -0.25) is 5.32 Å². The third kappa shape index (κ3) is 4.23. The zero-order valence-corrected chi connectivity index (χ0v) is 12.1. The first-order chi connectivity index (χ1) is 9.71. The van der Waals surface area contributed by atoms with E-state index in [1.54, 1.807) is 0 Å². The number of nitrogens with one attached hydrogen (secondary N) is 1. The van der Waals surface area contributed by atoms with Crippen molar-refractivity contribution in [3.63, 3.8) is 0 Å². The predicted octanol–water partition coefficient (Wildman–Crippen LogP) is 3.66. The highest BCUT2D eigenvalue weighted by Gasteiger charge is 2.23. The lowest BCUT2D eigenvalue weighted by molar-refractivity contribution is 0.0685. The van der Waals surface area contributed by atoms with Gasteiger partial charge >= 0.3 is 6.09 Å². The Kier molecular flexibility index (Phi) is 5.41. The molecule has 1 amide bonds. The first-order valence-corrected chi connectivity index (χ1v) is 7.48. The zero-order chi connectivity index (χ0) is 14.4. The molecule has 2 rings (SSSR count). The lowest BCUT2D eigenvalue weighted by Gasteiger charge is -2.28. The quantitative estimate of drug-likeness (QED) is 0.882. The van der Waals surface area contributed by atoms with Crippen molar-refractivity contribution in [2.24, 2.45) is 11.7 Å². The molecule has 0 bridgehead atoms. The van der Waals surface area contributed by atoms with Gasteiger partial charge in [0, 0.05) is 12.2 Å². The first-order valence-electron chi connectivity index (χ1n) is 7.48. The first kappa shape index (κ1) is 14.9. The van der Waals surface area contributed by atoms with Crippen LogP contribution in [0.4, 0.5) is 10.5 Å². The Labute approximate surface area is 120 Å². The number of nitrogens with two attached hydrogens (primary N) is 1. The van der Waals surface area contributed by atoms with Gasteiger partial charge in [-0.15, -0.1) is 0 Å². The van der Waals surface area contributed by atoms with E-state index in [1.807, 2.05) is 24.3 Å². The summed E-state index contributed by atoms with van der Waals surface area (Å²) in [5.41, 5.74) is 7.33. The van der Waals surface area contributed by atoms with Gasteiger partial charge in [0.2, 0.25) is 0 Å². The monoisotopic (exact) mass is 276 g/mol. The van der Waals surface area contributed by atoms with E-state index >= 15 is 0 Å². The normalized spacial score (nSPS) is 22.3. The van der Waals surface area contributed by atoms with Crippen molar-refractivity contribution < 1.29 is 9.53 Å². The lowest BCUT2D eigenvalue weighted by atomic mass is 9.85. The van der Waals surface area contributed by atoms with Crippen molar-refractivity contribution in [1.29, 1.82) is 0 Å². The molecule has 1 aliphatic rings. The molecule has 0 heterocycles. The summed E-state index contributed by atoms with van der Waals surface area (Å²) in [5.74, 6) is 0.699. The fraction of sp³-hybridized carbons (Fsp3) is 0.562. The Balaban J connectivity index is 1.82. The van der Waals surface area contributed by atoms with E-state index in [-0.39, 0.29) is 12.2 Å². The van der Waals surface area contributed by atoms with E-state index in [9.17, 15) is 4.79 Å². The van der Waals surface area contributed by atoms with Crippen molar-refractivity contribution in [3.8, 4) is 0 Å².